The molecule has 49 heavy (non-hydrogen) atoms. The molecule has 1 spiro atoms. The molecule has 264 valence electrons. The van der Waals surface area contributed by atoms with Gasteiger partial charge in [0, 0.05) is 35.1 Å². The van der Waals surface area contributed by atoms with Crippen LogP contribution >= 0.6 is 11.6 Å². The smallest absolute Gasteiger partial charge is 0.306 e. The number of aliphatic imine (C=N–C) groups is 1. The van der Waals surface area contributed by atoms with Gasteiger partial charge in [-0.3, -0.25) is 9.79 Å². The Kier molecular flexibility index (Phi) is 13.6. The number of likely N-dealkylation sites (tertiary alicyclic amines) is 1. The zero-order chi connectivity index (χ0) is 35.6. The lowest BCUT2D eigenvalue weighted by Crippen LogP contribution is -2.59. The van der Waals surface area contributed by atoms with Gasteiger partial charge in [0.15, 0.2) is 0 Å². The lowest BCUT2D eigenvalue weighted by Gasteiger charge is -2.48. The Labute approximate surface area is 296 Å². The van der Waals surface area contributed by atoms with Crippen LogP contribution in [0.3, 0.4) is 0 Å². The van der Waals surface area contributed by atoms with E-state index in [0.29, 0.717) is 61.2 Å². The number of amidine groups is 1. The van der Waals surface area contributed by atoms with Crippen LogP contribution in [0.15, 0.2) is 84.5 Å². The van der Waals surface area contributed by atoms with E-state index in [4.69, 9.17) is 21.3 Å². The summed E-state index contributed by atoms with van der Waals surface area (Å²) in [5.74, 6) is -0.00578. The van der Waals surface area contributed by atoms with Crippen LogP contribution in [-0.2, 0) is 9.53 Å². The lowest BCUT2D eigenvalue weighted by atomic mass is 9.79. The first-order chi connectivity index (χ1) is 23.4. The van der Waals surface area contributed by atoms with Gasteiger partial charge in [-0.25, -0.2) is 4.39 Å². The van der Waals surface area contributed by atoms with Crippen LogP contribution < -0.4 is 10.6 Å². The molecule has 10 heteroatoms. The number of carbonyl (C=O) groups excluding carboxylic acids is 1. The fourth-order valence-corrected chi connectivity index (χ4v) is 6.41. The molecular formula is C39H51ClFN5O3. The highest BCUT2D eigenvalue weighted by Gasteiger charge is 2.51. The third-order valence-corrected chi connectivity index (χ3v) is 9.14. The van der Waals surface area contributed by atoms with Crippen LogP contribution in [0.5, 0.6) is 0 Å². The number of carbonyl (C=O) groups is 1. The average molecular weight is 692 g/mol. The number of halogens is 2. The van der Waals surface area contributed by atoms with Crippen molar-refractivity contribution < 1.29 is 19.0 Å². The molecule has 2 fully saturated rings. The summed E-state index contributed by atoms with van der Waals surface area (Å²) in [6, 6.07) is 10.2. The molecule has 4 rings (SSSR count). The largest absolute Gasteiger partial charge is 0.465 e. The van der Waals surface area contributed by atoms with Gasteiger partial charge < -0.3 is 30.3 Å². The SMILES string of the molecule is C=CCN=C(/C(=C\C(=C)c1cc(Cl)ccc1F)Nc1ccc(C)c(NC(O)CCC(=C)CCCN(C)CCC)c1)N1CC2(COC(=O)C2)C1. The molecule has 0 radical (unpaired) electrons. The highest BCUT2D eigenvalue weighted by molar-refractivity contribution is 6.30. The zero-order valence-corrected chi connectivity index (χ0v) is 29.9. The van der Waals surface area contributed by atoms with Gasteiger partial charge in [0.1, 0.15) is 24.5 Å². The molecule has 0 aliphatic carbocycles. The van der Waals surface area contributed by atoms with E-state index in [2.05, 4.69) is 54.1 Å². The maximum atomic E-state index is 14.9. The van der Waals surface area contributed by atoms with Gasteiger partial charge in [0.2, 0.25) is 0 Å². The first-order valence-corrected chi connectivity index (χ1v) is 17.4. The van der Waals surface area contributed by atoms with E-state index in [1.807, 2.05) is 25.1 Å². The van der Waals surface area contributed by atoms with Crippen molar-refractivity contribution in [3.63, 3.8) is 0 Å². The maximum absolute atomic E-state index is 14.9. The number of esters is 1. The molecule has 2 aromatic carbocycles. The van der Waals surface area contributed by atoms with Gasteiger partial charge in [-0.1, -0.05) is 49.4 Å². The van der Waals surface area contributed by atoms with E-state index in [-0.39, 0.29) is 16.9 Å². The molecule has 1 unspecified atom stereocenters. The van der Waals surface area contributed by atoms with Gasteiger partial charge in [0.05, 0.1) is 24.1 Å². The Morgan fingerprint density at radius 1 is 1.22 bits per heavy atom. The van der Waals surface area contributed by atoms with Crippen molar-refractivity contribution in [3.05, 3.63) is 102 Å². The summed E-state index contributed by atoms with van der Waals surface area (Å²) in [7, 11) is 2.14. The van der Waals surface area contributed by atoms with Gasteiger partial charge in [0.25, 0.3) is 0 Å². The van der Waals surface area contributed by atoms with Gasteiger partial charge in [-0.05, 0) is 107 Å². The minimum Gasteiger partial charge on any atom is -0.465 e. The highest BCUT2D eigenvalue weighted by atomic mass is 35.5. The predicted octanol–water partition coefficient (Wildman–Crippen LogP) is 7.82. The van der Waals surface area contributed by atoms with E-state index < -0.39 is 12.0 Å². The number of aliphatic hydroxyl groups is 1. The van der Waals surface area contributed by atoms with Gasteiger partial charge in [-0.15, -0.1) is 6.58 Å². The van der Waals surface area contributed by atoms with Crippen molar-refractivity contribution in [2.75, 3.05) is 57.0 Å². The molecule has 0 amide bonds. The predicted molar refractivity (Wildman–Crippen MR) is 200 cm³/mol. The summed E-state index contributed by atoms with van der Waals surface area (Å²) < 4.78 is 20.2. The molecule has 2 aliphatic rings. The zero-order valence-electron chi connectivity index (χ0n) is 29.2. The monoisotopic (exact) mass is 691 g/mol. The number of nitrogens with zero attached hydrogens (tertiary/aromatic N) is 3. The normalized spacial score (nSPS) is 16.4. The molecule has 2 heterocycles. The van der Waals surface area contributed by atoms with Crippen LogP contribution in [0, 0.1) is 18.2 Å². The molecule has 2 aliphatic heterocycles. The molecule has 0 bridgehead atoms. The van der Waals surface area contributed by atoms with Crippen LogP contribution in [-0.4, -0.2) is 79.3 Å². The summed E-state index contributed by atoms with van der Waals surface area (Å²) in [6.07, 6.45) is 7.48. The second kappa shape index (κ2) is 17.7. The number of ether oxygens (including phenoxy) is 1. The third kappa shape index (κ3) is 10.8. The summed E-state index contributed by atoms with van der Waals surface area (Å²) in [5, 5.41) is 18.1. The topological polar surface area (TPSA) is 89.4 Å². The highest BCUT2D eigenvalue weighted by Crippen LogP contribution is 2.40. The summed E-state index contributed by atoms with van der Waals surface area (Å²) in [4.78, 5) is 21.2. The average Bonchev–Trinajstić information content (AvgIpc) is 3.44. The number of hydrogen-bond acceptors (Lipinski definition) is 7. The molecule has 8 nitrogen and oxygen atoms in total. The number of aliphatic hydroxyl groups excluding tert-OH is 1. The fourth-order valence-electron chi connectivity index (χ4n) is 6.24. The Hall–Kier alpha value is -3.92. The van der Waals surface area contributed by atoms with Gasteiger partial charge in [-0.2, -0.15) is 0 Å². The number of benzene rings is 2. The molecule has 2 saturated heterocycles. The Balaban J connectivity index is 1.52. The van der Waals surface area contributed by atoms with E-state index >= 15 is 0 Å². The number of anilines is 2. The van der Waals surface area contributed by atoms with Crippen molar-refractivity contribution in [1.82, 2.24) is 9.80 Å². The van der Waals surface area contributed by atoms with Crippen molar-refractivity contribution >= 4 is 40.4 Å². The van der Waals surface area contributed by atoms with E-state index in [0.717, 1.165) is 61.3 Å². The summed E-state index contributed by atoms with van der Waals surface area (Å²) >= 11 is 6.22. The third-order valence-electron chi connectivity index (χ3n) is 8.90. The van der Waals surface area contributed by atoms with Crippen molar-refractivity contribution in [2.45, 2.75) is 58.6 Å². The van der Waals surface area contributed by atoms with Crippen LogP contribution in [0.2, 0.25) is 5.02 Å². The second-order valence-electron chi connectivity index (χ2n) is 13.4. The number of aryl methyl sites for hydroxylation is 1. The number of rotatable bonds is 18. The molecule has 0 aromatic heterocycles. The Morgan fingerprint density at radius 3 is 2.69 bits per heavy atom. The molecule has 1 atom stereocenters. The summed E-state index contributed by atoms with van der Waals surface area (Å²) in [6.45, 7) is 20.4. The molecule has 2 aromatic rings. The van der Waals surface area contributed by atoms with Crippen LogP contribution in [0.4, 0.5) is 15.8 Å². The number of hydrogen-bond donors (Lipinski definition) is 3. The number of nitrogens with one attached hydrogen (secondary N) is 2. The fraction of sp³-hybridized carbons (Fsp3) is 0.436. The summed E-state index contributed by atoms with van der Waals surface area (Å²) in [5.41, 5.74) is 4.62. The van der Waals surface area contributed by atoms with Gasteiger partial charge >= 0.3 is 5.97 Å². The van der Waals surface area contributed by atoms with E-state index in [9.17, 15) is 14.3 Å². The number of cyclic esters (lactones) is 1. The quantitative estimate of drug-likeness (QED) is 0.0367. The maximum Gasteiger partial charge on any atom is 0.306 e. The Morgan fingerprint density at radius 2 is 2.00 bits per heavy atom. The molecule has 3 N–H and O–H groups in total. The lowest BCUT2D eigenvalue weighted by molar-refractivity contribution is -0.137. The van der Waals surface area contributed by atoms with Crippen molar-refractivity contribution in [1.29, 1.82) is 0 Å². The molecule has 0 saturated carbocycles. The van der Waals surface area contributed by atoms with Crippen LogP contribution in [0.1, 0.15) is 56.6 Å². The minimum absolute atomic E-state index is 0.190. The first-order valence-electron chi connectivity index (χ1n) is 17.0. The molecular weight excluding hydrogens is 641 g/mol. The van der Waals surface area contributed by atoms with Crippen LogP contribution in [0.25, 0.3) is 5.57 Å². The standard InChI is InChI=1S/C39H51ClFN5O3/c1-7-17-42-38(46-24-39(25-46)23-37(48)49-26-39)35(20-29(5)32-21-30(40)13-15-33(32)41)43-31-14-12-28(4)34(22-31)44-36(47)16-11-27(3)10-9-19-45(6)18-8-2/h7,12-15,20-22,36,43-44,47H,1,3,5,8-11,16-19,23-26H2,2,4,6H3/b35-20+,42-38?. The second-order valence-corrected chi connectivity index (χ2v) is 13.8. The van der Waals surface area contributed by atoms with Crippen molar-refractivity contribution in [3.8, 4) is 0 Å². The Bertz CT molecular complexity index is 1580. The minimum atomic E-state index is -0.757. The first kappa shape index (κ1) is 37.9. The van der Waals surface area contributed by atoms with Crippen molar-refractivity contribution in [2.24, 2.45) is 10.4 Å². The number of allylic oxidation sites excluding steroid dienone is 3. The van der Waals surface area contributed by atoms with E-state index in [1.54, 1.807) is 18.2 Å². The van der Waals surface area contributed by atoms with E-state index in [1.165, 1.54) is 12.1 Å².